The lowest BCUT2D eigenvalue weighted by molar-refractivity contribution is -0.253. The van der Waals surface area contributed by atoms with Crippen LogP contribution in [0.25, 0.3) is 0 Å². The molecule has 2 aliphatic heterocycles. The number of rotatable bonds is 13. The molecule has 3 aromatic carbocycles. The quantitative estimate of drug-likeness (QED) is 0.0972. The molecular formula is C36H44ClN3O7. The number of nitrogens with one attached hydrogen (secondary N) is 2. The number of amides is 2. The minimum atomic E-state index is -0.878. The van der Waals surface area contributed by atoms with Crippen molar-refractivity contribution in [2.24, 2.45) is 0 Å². The molecule has 11 heteroatoms. The van der Waals surface area contributed by atoms with Gasteiger partial charge in [0.25, 0.3) is 0 Å². The summed E-state index contributed by atoms with van der Waals surface area (Å²) < 4.78 is 13.0. The summed E-state index contributed by atoms with van der Waals surface area (Å²) in [6, 6.07) is 23.1. The molecule has 10 nitrogen and oxygen atoms in total. The normalized spacial score (nSPS) is 21.2. The lowest BCUT2D eigenvalue weighted by Gasteiger charge is -2.42. The van der Waals surface area contributed by atoms with E-state index in [1.165, 1.54) is 0 Å². The molecule has 5 rings (SSSR count). The van der Waals surface area contributed by atoms with Crippen molar-refractivity contribution in [2.45, 2.75) is 82.2 Å². The molecule has 0 spiro atoms. The Hall–Kier alpha value is -3.35. The van der Waals surface area contributed by atoms with Crippen molar-refractivity contribution < 1.29 is 34.5 Å². The van der Waals surface area contributed by atoms with Crippen molar-refractivity contribution in [3.63, 3.8) is 0 Å². The summed E-state index contributed by atoms with van der Waals surface area (Å²) >= 11 is 6.06. The Bertz CT molecular complexity index is 1440. The fourth-order valence-electron chi connectivity index (χ4n) is 6.18. The largest absolute Gasteiger partial charge is 0.392 e. The van der Waals surface area contributed by atoms with Gasteiger partial charge in [0.05, 0.1) is 24.4 Å². The number of aliphatic hydroxyl groups is 2. The van der Waals surface area contributed by atoms with Crippen molar-refractivity contribution in [3.05, 3.63) is 106 Å². The topological polar surface area (TPSA) is 141 Å². The molecule has 0 saturated carbocycles. The fourth-order valence-corrected chi connectivity index (χ4v) is 6.31. The summed E-state index contributed by atoms with van der Waals surface area (Å²) in [6.07, 6.45) is 2.56. The average molecular weight is 666 g/mol. The number of carbonyl (C=O) groups is 2. The van der Waals surface area contributed by atoms with E-state index in [1.807, 2.05) is 72.8 Å². The number of unbranched alkanes of at least 4 members (excludes halogenated alkanes) is 1. The lowest BCUT2D eigenvalue weighted by atomic mass is 9.84. The molecule has 5 N–H and O–H groups in total. The Labute approximate surface area is 280 Å². The number of ether oxygens (including phenoxy) is 2. The number of piperidine rings is 1. The van der Waals surface area contributed by atoms with Crippen LogP contribution >= 0.6 is 11.6 Å². The van der Waals surface area contributed by atoms with E-state index in [2.05, 4.69) is 10.2 Å². The number of carbonyl (C=O) groups excluding carboxylic acids is 2. The number of halogens is 1. The second kappa shape index (κ2) is 16.7. The van der Waals surface area contributed by atoms with Crippen LogP contribution in [0, 0.1) is 0 Å². The first kappa shape index (κ1) is 35.0. The predicted octanol–water partition coefficient (Wildman–Crippen LogP) is 5.04. The summed E-state index contributed by atoms with van der Waals surface area (Å²) in [7, 11) is 0. The molecule has 2 heterocycles. The summed E-state index contributed by atoms with van der Waals surface area (Å²) in [5.74, 6) is -0.553. The molecule has 3 atom stereocenters. The van der Waals surface area contributed by atoms with Crippen LogP contribution in [0.15, 0.2) is 72.8 Å². The molecule has 2 amide bonds. The standard InChI is InChI=1S/C36H44ClN3O7/c37-30-15-13-29(14-16-30)36(44)17-19-40(20-18-36)23-31-21-32(27-9-7-26(24-41)8-10-27)47-35(46-31)28-11-5-25(6-12-28)22-38-33(42)3-1-2-4-34(43)39-45/h5-16,31-32,35,41,44-45H,1-4,17-24H2,(H,38,42)(H,39,43). The van der Waals surface area contributed by atoms with Gasteiger partial charge in [-0.1, -0.05) is 72.3 Å². The second-order valence-corrected chi connectivity index (χ2v) is 12.9. The van der Waals surface area contributed by atoms with Gasteiger partial charge in [-0.3, -0.25) is 14.8 Å². The first-order chi connectivity index (χ1) is 22.7. The molecule has 0 aromatic heterocycles. The highest BCUT2D eigenvalue weighted by Gasteiger charge is 2.37. The van der Waals surface area contributed by atoms with Crippen molar-refractivity contribution in [2.75, 3.05) is 19.6 Å². The highest BCUT2D eigenvalue weighted by atomic mass is 35.5. The summed E-state index contributed by atoms with van der Waals surface area (Å²) in [5.41, 5.74) is 5.28. The van der Waals surface area contributed by atoms with Crippen LogP contribution in [0.4, 0.5) is 0 Å². The number of hydrogen-bond acceptors (Lipinski definition) is 8. The summed E-state index contributed by atoms with van der Waals surface area (Å²) in [4.78, 5) is 25.7. The van der Waals surface area contributed by atoms with Gasteiger partial charge < -0.3 is 29.9 Å². The van der Waals surface area contributed by atoms with Crippen LogP contribution in [0.5, 0.6) is 0 Å². The molecule has 0 bridgehead atoms. The third-order valence-corrected chi connectivity index (χ3v) is 9.32. The molecule has 0 aliphatic carbocycles. The number of nitrogens with zero attached hydrogens (tertiary/aromatic N) is 1. The molecule has 2 saturated heterocycles. The smallest absolute Gasteiger partial charge is 0.243 e. The van der Waals surface area contributed by atoms with Crippen molar-refractivity contribution in [1.82, 2.24) is 15.7 Å². The highest BCUT2D eigenvalue weighted by molar-refractivity contribution is 6.30. The number of aliphatic hydroxyl groups excluding tert-OH is 1. The Morgan fingerprint density at radius 2 is 1.47 bits per heavy atom. The first-order valence-electron chi connectivity index (χ1n) is 16.2. The van der Waals surface area contributed by atoms with E-state index < -0.39 is 17.8 Å². The maximum absolute atomic E-state index is 12.2. The monoisotopic (exact) mass is 665 g/mol. The first-order valence-corrected chi connectivity index (χ1v) is 16.6. The van der Waals surface area contributed by atoms with E-state index in [-0.39, 0.29) is 31.1 Å². The molecule has 3 aromatic rings. The van der Waals surface area contributed by atoms with Crippen LogP contribution in [-0.4, -0.2) is 57.9 Å². The van der Waals surface area contributed by atoms with Gasteiger partial charge in [-0.2, -0.15) is 0 Å². The van der Waals surface area contributed by atoms with Gasteiger partial charge in [-0.25, -0.2) is 5.48 Å². The van der Waals surface area contributed by atoms with E-state index in [9.17, 15) is 19.8 Å². The van der Waals surface area contributed by atoms with Crippen LogP contribution in [0.3, 0.4) is 0 Å². The maximum atomic E-state index is 12.2. The molecule has 252 valence electrons. The van der Waals surface area contributed by atoms with Crippen molar-refractivity contribution in [3.8, 4) is 0 Å². The second-order valence-electron chi connectivity index (χ2n) is 12.4. The SMILES string of the molecule is O=C(CCCCC(=O)NCc1ccc(C2OC(CN3CCC(O)(c4ccc(Cl)cc4)CC3)CC(c3ccc(CO)cc3)O2)cc1)NO. The number of benzene rings is 3. The third-order valence-electron chi connectivity index (χ3n) is 9.07. The number of hydroxylamine groups is 1. The van der Waals surface area contributed by atoms with Gasteiger partial charge >= 0.3 is 0 Å². The zero-order chi connectivity index (χ0) is 33.2. The summed E-state index contributed by atoms with van der Waals surface area (Å²) in [5, 5.41) is 33.0. The van der Waals surface area contributed by atoms with Gasteiger partial charge in [-0.15, -0.1) is 0 Å². The van der Waals surface area contributed by atoms with E-state index in [1.54, 1.807) is 5.48 Å². The van der Waals surface area contributed by atoms with Crippen LogP contribution in [0.1, 0.15) is 85.2 Å². The zero-order valence-electron chi connectivity index (χ0n) is 26.4. The van der Waals surface area contributed by atoms with Gasteiger partial charge in [-0.05, 0) is 60.1 Å². The van der Waals surface area contributed by atoms with Gasteiger partial charge in [0.2, 0.25) is 11.8 Å². The van der Waals surface area contributed by atoms with Crippen LogP contribution < -0.4 is 10.8 Å². The Balaban J connectivity index is 1.19. The van der Waals surface area contributed by atoms with Crippen molar-refractivity contribution in [1.29, 1.82) is 0 Å². The van der Waals surface area contributed by atoms with E-state index >= 15 is 0 Å². The number of hydrogen-bond donors (Lipinski definition) is 5. The molecule has 0 radical (unpaired) electrons. The van der Waals surface area contributed by atoms with Gasteiger partial charge in [0.15, 0.2) is 6.29 Å². The molecular weight excluding hydrogens is 622 g/mol. The molecule has 47 heavy (non-hydrogen) atoms. The predicted molar refractivity (Wildman–Crippen MR) is 176 cm³/mol. The third kappa shape index (κ3) is 9.84. The minimum absolute atomic E-state index is 0.0202. The van der Waals surface area contributed by atoms with Gasteiger partial charge in [0, 0.05) is 56.0 Å². The molecule has 2 aliphatic rings. The van der Waals surface area contributed by atoms with E-state index in [4.69, 9.17) is 26.3 Å². The van der Waals surface area contributed by atoms with Gasteiger partial charge in [0.1, 0.15) is 0 Å². The molecule has 2 fully saturated rings. The minimum Gasteiger partial charge on any atom is -0.392 e. The Morgan fingerprint density at radius 3 is 2.11 bits per heavy atom. The van der Waals surface area contributed by atoms with Crippen molar-refractivity contribution >= 4 is 23.4 Å². The molecule has 3 unspecified atom stereocenters. The van der Waals surface area contributed by atoms with Crippen LogP contribution in [-0.2, 0) is 37.8 Å². The highest BCUT2D eigenvalue weighted by Crippen LogP contribution is 2.39. The van der Waals surface area contributed by atoms with E-state index in [0.717, 1.165) is 40.9 Å². The maximum Gasteiger partial charge on any atom is 0.243 e. The number of likely N-dealkylation sites (tertiary alicyclic amines) is 1. The van der Waals surface area contributed by atoms with Crippen LogP contribution in [0.2, 0.25) is 5.02 Å². The average Bonchev–Trinajstić information content (AvgIpc) is 3.10. The fraction of sp³-hybridized carbons (Fsp3) is 0.444. The summed E-state index contributed by atoms with van der Waals surface area (Å²) in [6.45, 7) is 2.53. The van der Waals surface area contributed by atoms with E-state index in [0.29, 0.717) is 56.6 Å². The Morgan fingerprint density at radius 1 is 0.851 bits per heavy atom. The Kier molecular flexibility index (Phi) is 12.4. The lowest BCUT2D eigenvalue weighted by Crippen LogP contribution is -2.46. The zero-order valence-corrected chi connectivity index (χ0v) is 27.2.